The number of benzene rings is 1. The maximum Gasteiger partial charge on any atom is 0.306 e. The molecule has 0 heterocycles. The third-order valence-electron chi connectivity index (χ3n) is 3.11. The van der Waals surface area contributed by atoms with Gasteiger partial charge in [-0.1, -0.05) is 18.2 Å². The number of nitrogen functional groups attached to an aromatic ring is 1. The molecule has 0 aliphatic rings. The minimum Gasteiger partial charge on any atom is -0.469 e. The largest absolute Gasteiger partial charge is 0.469 e. The second kappa shape index (κ2) is 7.42. The van der Waals surface area contributed by atoms with Crippen LogP contribution in [-0.4, -0.2) is 37.6 Å². The molecule has 1 rings (SSSR count). The third kappa shape index (κ3) is 5.02. The fraction of sp³-hybridized carbons (Fsp3) is 0.500. The monoisotopic (exact) mass is 314 g/mol. The first kappa shape index (κ1) is 17.5. The number of hydrogen-bond donors (Lipinski definition) is 1. The highest BCUT2D eigenvalue weighted by molar-refractivity contribution is 7.89. The van der Waals surface area contributed by atoms with Gasteiger partial charge in [0.15, 0.2) is 0 Å². The van der Waals surface area contributed by atoms with Gasteiger partial charge in [-0.2, -0.15) is 4.31 Å². The van der Waals surface area contributed by atoms with E-state index in [0.29, 0.717) is 5.69 Å². The van der Waals surface area contributed by atoms with Gasteiger partial charge in [0, 0.05) is 18.3 Å². The average molecular weight is 314 g/mol. The van der Waals surface area contributed by atoms with Crippen molar-refractivity contribution in [1.29, 1.82) is 0 Å². The highest BCUT2D eigenvalue weighted by atomic mass is 32.2. The van der Waals surface area contributed by atoms with Crippen LogP contribution < -0.4 is 5.73 Å². The standard InChI is InChI=1S/C14H22N2O4S/c1-11(2)16(10-12-6-4-5-7-13(12)15)21(18,19)9-8-14(17)20-3/h4-7,11H,8-10,15H2,1-3H3. The summed E-state index contributed by atoms with van der Waals surface area (Å²) < 4.78 is 30.6. The summed E-state index contributed by atoms with van der Waals surface area (Å²) in [6.07, 6.45) is -0.160. The van der Waals surface area contributed by atoms with Crippen molar-refractivity contribution >= 4 is 21.7 Å². The second-order valence-corrected chi connectivity index (χ2v) is 7.02. The third-order valence-corrected chi connectivity index (χ3v) is 5.09. The molecular weight excluding hydrogens is 292 g/mol. The van der Waals surface area contributed by atoms with Gasteiger partial charge in [-0.05, 0) is 25.5 Å². The second-order valence-electron chi connectivity index (χ2n) is 4.98. The molecule has 0 bridgehead atoms. The molecule has 0 radical (unpaired) electrons. The molecule has 0 aliphatic heterocycles. The first-order valence-electron chi connectivity index (χ1n) is 6.67. The van der Waals surface area contributed by atoms with Gasteiger partial charge in [0.05, 0.1) is 19.3 Å². The maximum absolute atomic E-state index is 12.4. The predicted molar refractivity (Wildman–Crippen MR) is 82.0 cm³/mol. The molecule has 21 heavy (non-hydrogen) atoms. The summed E-state index contributed by atoms with van der Waals surface area (Å²) in [7, 11) is -2.33. The lowest BCUT2D eigenvalue weighted by Gasteiger charge is -2.26. The van der Waals surface area contributed by atoms with E-state index in [-0.39, 0.29) is 24.8 Å². The van der Waals surface area contributed by atoms with E-state index < -0.39 is 16.0 Å². The molecule has 0 atom stereocenters. The van der Waals surface area contributed by atoms with E-state index in [9.17, 15) is 13.2 Å². The SMILES string of the molecule is COC(=O)CCS(=O)(=O)N(Cc1ccccc1N)C(C)C. The Bertz CT molecular complexity index is 584. The number of methoxy groups -OCH3 is 1. The lowest BCUT2D eigenvalue weighted by Crippen LogP contribution is -2.38. The zero-order chi connectivity index (χ0) is 16.0. The molecule has 0 spiro atoms. The van der Waals surface area contributed by atoms with Gasteiger partial charge in [0.25, 0.3) is 0 Å². The van der Waals surface area contributed by atoms with Crippen molar-refractivity contribution in [3.63, 3.8) is 0 Å². The number of anilines is 1. The van der Waals surface area contributed by atoms with E-state index >= 15 is 0 Å². The van der Waals surface area contributed by atoms with Crippen LogP contribution in [-0.2, 0) is 26.1 Å². The molecule has 0 unspecified atom stereocenters. The molecule has 0 saturated heterocycles. The van der Waals surface area contributed by atoms with E-state index in [4.69, 9.17) is 5.73 Å². The van der Waals surface area contributed by atoms with Gasteiger partial charge in [-0.15, -0.1) is 0 Å². The van der Waals surface area contributed by atoms with Crippen LogP contribution in [0.3, 0.4) is 0 Å². The lowest BCUT2D eigenvalue weighted by atomic mass is 10.2. The number of nitrogens with two attached hydrogens (primary N) is 1. The Labute approximate surface area is 125 Å². The van der Waals surface area contributed by atoms with Crippen LogP contribution in [0.15, 0.2) is 24.3 Å². The van der Waals surface area contributed by atoms with Gasteiger partial charge in [0.1, 0.15) is 0 Å². The van der Waals surface area contributed by atoms with Crippen LogP contribution in [0.1, 0.15) is 25.8 Å². The Hall–Kier alpha value is -1.60. The Kier molecular flexibility index (Phi) is 6.17. The number of rotatable bonds is 7. The molecule has 1 aromatic rings. The fourth-order valence-electron chi connectivity index (χ4n) is 1.88. The quantitative estimate of drug-likeness (QED) is 0.606. The number of esters is 1. The first-order valence-corrected chi connectivity index (χ1v) is 8.28. The highest BCUT2D eigenvalue weighted by Crippen LogP contribution is 2.18. The Morgan fingerprint density at radius 1 is 1.33 bits per heavy atom. The predicted octanol–water partition coefficient (Wildman–Crippen LogP) is 1.37. The normalized spacial score (nSPS) is 11.9. The number of ether oxygens (including phenoxy) is 1. The zero-order valence-electron chi connectivity index (χ0n) is 12.6. The lowest BCUT2D eigenvalue weighted by molar-refractivity contribution is -0.140. The molecule has 0 amide bonds. The van der Waals surface area contributed by atoms with Crippen molar-refractivity contribution in [2.24, 2.45) is 0 Å². The van der Waals surface area contributed by atoms with E-state index in [2.05, 4.69) is 4.74 Å². The molecule has 0 aromatic heterocycles. The van der Waals surface area contributed by atoms with Crippen LogP contribution in [0.4, 0.5) is 5.69 Å². The number of nitrogens with zero attached hydrogens (tertiary/aromatic N) is 1. The first-order chi connectivity index (χ1) is 9.77. The smallest absolute Gasteiger partial charge is 0.306 e. The summed E-state index contributed by atoms with van der Waals surface area (Å²) in [6.45, 7) is 3.76. The van der Waals surface area contributed by atoms with Gasteiger partial charge < -0.3 is 10.5 Å². The Morgan fingerprint density at radius 2 is 1.95 bits per heavy atom. The molecule has 0 aliphatic carbocycles. The molecule has 6 nitrogen and oxygen atoms in total. The fourth-order valence-corrected chi connectivity index (χ4v) is 3.52. The summed E-state index contributed by atoms with van der Waals surface area (Å²) >= 11 is 0. The Balaban J connectivity index is 2.91. The van der Waals surface area contributed by atoms with Gasteiger partial charge in [0.2, 0.25) is 10.0 Å². The van der Waals surface area contributed by atoms with Gasteiger partial charge >= 0.3 is 5.97 Å². The minimum absolute atomic E-state index is 0.160. The minimum atomic E-state index is -3.56. The van der Waals surface area contributed by atoms with E-state index in [1.165, 1.54) is 11.4 Å². The zero-order valence-corrected chi connectivity index (χ0v) is 13.4. The maximum atomic E-state index is 12.4. The summed E-state index contributed by atoms with van der Waals surface area (Å²) in [4.78, 5) is 11.1. The van der Waals surface area contributed by atoms with Crippen molar-refractivity contribution < 1.29 is 17.9 Å². The number of sulfonamides is 1. The summed E-state index contributed by atoms with van der Waals surface area (Å²) in [5.74, 6) is -0.813. The van der Waals surface area contributed by atoms with E-state index in [0.717, 1.165) is 5.56 Å². The van der Waals surface area contributed by atoms with Gasteiger partial charge in [-0.3, -0.25) is 4.79 Å². The number of carbonyl (C=O) groups is 1. The van der Waals surface area contributed by atoms with Crippen LogP contribution in [0.5, 0.6) is 0 Å². The average Bonchev–Trinajstić information content (AvgIpc) is 2.43. The number of carbonyl (C=O) groups excluding carboxylic acids is 1. The molecule has 0 fully saturated rings. The highest BCUT2D eigenvalue weighted by Gasteiger charge is 2.26. The van der Waals surface area contributed by atoms with E-state index in [1.807, 2.05) is 6.07 Å². The topological polar surface area (TPSA) is 89.7 Å². The molecular formula is C14H22N2O4S. The molecule has 1 aromatic carbocycles. The van der Waals surface area contributed by atoms with Crippen LogP contribution in [0.25, 0.3) is 0 Å². The summed E-state index contributed by atoms with van der Waals surface area (Å²) in [6, 6.07) is 6.90. The van der Waals surface area contributed by atoms with Crippen molar-refractivity contribution in [1.82, 2.24) is 4.31 Å². The van der Waals surface area contributed by atoms with Crippen molar-refractivity contribution in [3.8, 4) is 0 Å². The molecule has 0 saturated carbocycles. The molecule has 118 valence electrons. The van der Waals surface area contributed by atoms with Gasteiger partial charge in [-0.25, -0.2) is 8.42 Å². The Morgan fingerprint density at radius 3 is 2.48 bits per heavy atom. The van der Waals surface area contributed by atoms with Crippen molar-refractivity contribution in [3.05, 3.63) is 29.8 Å². The molecule has 7 heteroatoms. The van der Waals surface area contributed by atoms with Crippen molar-refractivity contribution in [2.75, 3.05) is 18.6 Å². The number of hydrogen-bond acceptors (Lipinski definition) is 5. The molecule has 2 N–H and O–H groups in total. The number of para-hydroxylation sites is 1. The van der Waals surface area contributed by atoms with Crippen molar-refractivity contribution in [2.45, 2.75) is 32.9 Å². The van der Waals surface area contributed by atoms with Crippen LogP contribution in [0, 0.1) is 0 Å². The summed E-state index contributed by atoms with van der Waals surface area (Å²) in [5, 5.41) is 0. The van der Waals surface area contributed by atoms with Crippen LogP contribution in [0.2, 0.25) is 0 Å². The summed E-state index contributed by atoms with van der Waals surface area (Å²) in [5.41, 5.74) is 7.15. The van der Waals surface area contributed by atoms with E-state index in [1.54, 1.807) is 32.0 Å². The van der Waals surface area contributed by atoms with Crippen LogP contribution >= 0.6 is 0 Å².